The molecule has 0 amide bonds. The van der Waals surface area contributed by atoms with Gasteiger partial charge in [-0.2, -0.15) is 0 Å². The lowest BCUT2D eigenvalue weighted by atomic mass is 9.99. The molecule has 5 heteroatoms. The lowest BCUT2D eigenvalue weighted by Gasteiger charge is -2.34. The lowest BCUT2D eigenvalue weighted by Crippen LogP contribution is -2.49. The molecule has 1 N–H and O–H groups in total. The Labute approximate surface area is 164 Å². The molecule has 2 rings (SSSR count). The normalized spacial score (nSPS) is 17.5. The van der Waals surface area contributed by atoms with Crippen molar-refractivity contribution in [2.24, 2.45) is 10.9 Å². The number of piperidine rings is 1. The first-order valence-corrected chi connectivity index (χ1v) is 8.76. The van der Waals surface area contributed by atoms with Crippen molar-refractivity contribution in [3.8, 4) is 0 Å². The zero-order chi connectivity index (χ0) is 16.7. The molecular weight excluding hydrogens is 411 g/mol. The fraction of sp³-hybridized carbons (Fsp3) is 0.632. The van der Waals surface area contributed by atoms with Gasteiger partial charge in [-0.15, -0.1) is 24.0 Å². The minimum Gasteiger partial charge on any atom is -0.355 e. The molecular formula is C19H33IN4. The highest BCUT2D eigenvalue weighted by atomic mass is 127. The molecule has 1 aliphatic heterocycles. The number of benzene rings is 1. The highest BCUT2D eigenvalue weighted by Gasteiger charge is 2.20. The van der Waals surface area contributed by atoms with Crippen molar-refractivity contribution in [3.05, 3.63) is 35.9 Å². The summed E-state index contributed by atoms with van der Waals surface area (Å²) in [5.41, 5.74) is 1.38. The summed E-state index contributed by atoms with van der Waals surface area (Å²) in [5, 5.41) is 3.59. The summed E-state index contributed by atoms with van der Waals surface area (Å²) >= 11 is 0. The van der Waals surface area contributed by atoms with Crippen molar-refractivity contribution in [2.45, 2.75) is 32.2 Å². The molecule has 0 radical (unpaired) electrons. The molecule has 0 bridgehead atoms. The predicted octanol–water partition coefficient (Wildman–Crippen LogP) is 3.08. The van der Waals surface area contributed by atoms with Gasteiger partial charge in [-0.3, -0.25) is 4.99 Å². The van der Waals surface area contributed by atoms with Crippen molar-refractivity contribution < 1.29 is 0 Å². The third-order valence-electron chi connectivity index (χ3n) is 4.84. The molecule has 0 saturated carbocycles. The van der Waals surface area contributed by atoms with Crippen LogP contribution < -0.4 is 5.32 Å². The molecule has 0 aromatic heterocycles. The third kappa shape index (κ3) is 6.59. The minimum absolute atomic E-state index is 0. The molecule has 1 atom stereocenters. The fourth-order valence-corrected chi connectivity index (χ4v) is 3.09. The number of likely N-dealkylation sites (N-methyl/N-ethyl adjacent to an activating group) is 1. The summed E-state index contributed by atoms with van der Waals surface area (Å²) in [7, 11) is 6.20. The molecule has 1 aliphatic rings. The molecule has 0 aliphatic carbocycles. The third-order valence-corrected chi connectivity index (χ3v) is 4.84. The Morgan fingerprint density at radius 1 is 1.25 bits per heavy atom. The number of nitrogens with one attached hydrogen (secondary N) is 1. The first-order chi connectivity index (χ1) is 11.1. The second kappa shape index (κ2) is 10.9. The average Bonchev–Trinajstić information content (AvgIpc) is 2.56. The predicted molar refractivity (Wildman–Crippen MR) is 114 cm³/mol. The number of rotatable bonds is 5. The molecule has 4 nitrogen and oxygen atoms in total. The van der Waals surface area contributed by atoms with E-state index in [1.54, 1.807) is 0 Å². The number of likely N-dealkylation sites (tertiary alicyclic amines) is 1. The van der Waals surface area contributed by atoms with Crippen LogP contribution in [0.1, 0.15) is 25.3 Å². The molecule has 1 fully saturated rings. The van der Waals surface area contributed by atoms with Crippen LogP contribution in [-0.2, 0) is 6.42 Å². The Morgan fingerprint density at radius 3 is 2.42 bits per heavy atom. The van der Waals surface area contributed by atoms with Gasteiger partial charge in [-0.25, -0.2) is 0 Å². The Kier molecular flexibility index (Phi) is 9.66. The van der Waals surface area contributed by atoms with E-state index in [-0.39, 0.29) is 24.0 Å². The minimum atomic E-state index is 0. The van der Waals surface area contributed by atoms with Crippen molar-refractivity contribution in [1.82, 2.24) is 15.1 Å². The number of hydrogen-bond acceptors (Lipinski definition) is 2. The van der Waals surface area contributed by atoms with E-state index in [9.17, 15) is 0 Å². The highest BCUT2D eigenvalue weighted by molar-refractivity contribution is 14.0. The number of nitrogens with zero attached hydrogens (tertiary/aromatic N) is 3. The number of hydrogen-bond donors (Lipinski definition) is 1. The van der Waals surface area contributed by atoms with Gasteiger partial charge in [0.15, 0.2) is 5.96 Å². The van der Waals surface area contributed by atoms with Gasteiger partial charge in [-0.05, 0) is 44.8 Å². The SMILES string of the molecule is CN=C(NCC(Cc1ccccc1)N(C)C)N1CCC(C)CC1.I. The maximum atomic E-state index is 4.49. The zero-order valence-corrected chi connectivity index (χ0v) is 17.9. The molecule has 1 saturated heterocycles. The van der Waals surface area contributed by atoms with E-state index in [1.165, 1.54) is 18.4 Å². The van der Waals surface area contributed by atoms with Crippen LogP contribution in [0.25, 0.3) is 0 Å². The van der Waals surface area contributed by atoms with Crippen LogP contribution in [0.15, 0.2) is 35.3 Å². The van der Waals surface area contributed by atoms with Gasteiger partial charge in [0.05, 0.1) is 0 Å². The summed E-state index contributed by atoms with van der Waals surface area (Å²) < 4.78 is 0. The quantitative estimate of drug-likeness (QED) is 0.430. The zero-order valence-electron chi connectivity index (χ0n) is 15.5. The summed E-state index contributed by atoms with van der Waals surface area (Å²) in [4.78, 5) is 9.18. The lowest BCUT2D eigenvalue weighted by molar-refractivity contribution is 0.262. The van der Waals surface area contributed by atoms with Crippen molar-refractivity contribution in [3.63, 3.8) is 0 Å². The monoisotopic (exact) mass is 444 g/mol. The second-order valence-corrected chi connectivity index (χ2v) is 6.90. The topological polar surface area (TPSA) is 30.9 Å². The van der Waals surface area contributed by atoms with E-state index < -0.39 is 0 Å². The maximum Gasteiger partial charge on any atom is 0.193 e. The molecule has 1 heterocycles. The van der Waals surface area contributed by atoms with Crippen LogP contribution in [0.3, 0.4) is 0 Å². The van der Waals surface area contributed by atoms with E-state index >= 15 is 0 Å². The van der Waals surface area contributed by atoms with Crippen molar-refractivity contribution in [1.29, 1.82) is 0 Å². The Morgan fingerprint density at radius 2 is 1.88 bits per heavy atom. The Bertz CT molecular complexity index is 481. The van der Waals surface area contributed by atoms with E-state index in [4.69, 9.17) is 0 Å². The largest absolute Gasteiger partial charge is 0.355 e. The van der Waals surface area contributed by atoms with Crippen LogP contribution >= 0.6 is 24.0 Å². The maximum absolute atomic E-state index is 4.49. The number of guanidine groups is 1. The summed E-state index contributed by atoms with van der Waals surface area (Å²) in [5.74, 6) is 1.90. The smallest absolute Gasteiger partial charge is 0.193 e. The Hall–Kier alpha value is -0.820. The fourth-order valence-electron chi connectivity index (χ4n) is 3.09. The first kappa shape index (κ1) is 21.2. The molecule has 0 spiro atoms. The van der Waals surface area contributed by atoms with E-state index in [0.29, 0.717) is 6.04 Å². The van der Waals surface area contributed by atoms with Crippen LogP contribution in [0.2, 0.25) is 0 Å². The molecule has 1 unspecified atom stereocenters. The summed E-state index contributed by atoms with van der Waals surface area (Å²) in [6, 6.07) is 11.2. The van der Waals surface area contributed by atoms with Gasteiger partial charge in [-0.1, -0.05) is 37.3 Å². The van der Waals surface area contributed by atoms with Crippen molar-refractivity contribution in [2.75, 3.05) is 40.8 Å². The van der Waals surface area contributed by atoms with Crippen LogP contribution in [0, 0.1) is 5.92 Å². The summed E-state index contributed by atoms with van der Waals surface area (Å²) in [6.45, 7) is 5.49. The van der Waals surface area contributed by atoms with Gasteiger partial charge in [0, 0.05) is 32.7 Å². The van der Waals surface area contributed by atoms with Crippen LogP contribution in [0.4, 0.5) is 0 Å². The highest BCUT2D eigenvalue weighted by Crippen LogP contribution is 2.16. The van der Waals surface area contributed by atoms with Crippen molar-refractivity contribution >= 4 is 29.9 Å². The number of aliphatic imine (C=N–C) groups is 1. The van der Waals surface area contributed by atoms with Gasteiger partial charge in [0.1, 0.15) is 0 Å². The average molecular weight is 444 g/mol. The molecule has 24 heavy (non-hydrogen) atoms. The van der Waals surface area contributed by atoms with Gasteiger partial charge in [0.25, 0.3) is 0 Å². The standard InChI is InChI=1S/C19H32N4.HI/c1-16-10-12-23(13-11-16)19(20-2)21-15-18(22(3)4)14-17-8-6-5-7-9-17;/h5-9,16,18H,10-15H2,1-4H3,(H,20,21);1H. The summed E-state index contributed by atoms with van der Waals surface area (Å²) in [6.07, 6.45) is 3.58. The molecule has 1 aromatic carbocycles. The first-order valence-electron chi connectivity index (χ1n) is 8.76. The van der Waals surface area contributed by atoms with Gasteiger partial charge < -0.3 is 15.1 Å². The second-order valence-electron chi connectivity index (χ2n) is 6.90. The van der Waals surface area contributed by atoms with Gasteiger partial charge in [0.2, 0.25) is 0 Å². The van der Waals surface area contributed by atoms with Crippen LogP contribution in [-0.4, -0.2) is 62.6 Å². The molecule has 1 aromatic rings. The number of halogens is 1. The Balaban J connectivity index is 0.00000288. The van der Waals surface area contributed by atoms with E-state index in [0.717, 1.165) is 37.9 Å². The van der Waals surface area contributed by atoms with Gasteiger partial charge >= 0.3 is 0 Å². The van der Waals surface area contributed by atoms with Crippen LogP contribution in [0.5, 0.6) is 0 Å². The molecule has 136 valence electrons. The van der Waals surface area contributed by atoms with E-state index in [1.807, 2.05) is 7.05 Å². The van der Waals surface area contributed by atoms with E-state index in [2.05, 4.69) is 71.5 Å².